The summed E-state index contributed by atoms with van der Waals surface area (Å²) in [6.07, 6.45) is 2.66. The van der Waals surface area contributed by atoms with Crippen molar-refractivity contribution in [3.05, 3.63) is 36.0 Å². The Balaban J connectivity index is 1.92. The minimum Gasteiger partial charge on any atom is -0.350 e. The quantitative estimate of drug-likeness (QED) is 0.866. The summed E-state index contributed by atoms with van der Waals surface area (Å²) in [6.45, 7) is 11.8. The lowest BCUT2D eigenvalue weighted by atomic mass is 10.1. The molecule has 0 aliphatic carbocycles. The maximum absolute atomic E-state index is 12.6. The van der Waals surface area contributed by atoms with Crippen molar-refractivity contribution in [3.63, 3.8) is 0 Å². The summed E-state index contributed by atoms with van der Waals surface area (Å²) in [6, 6.07) is 8.29. The van der Waals surface area contributed by atoms with Crippen LogP contribution in [0.15, 0.2) is 30.5 Å². The molecular formula is C20H29N4O+. The number of anilines is 1. The fourth-order valence-electron chi connectivity index (χ4n) is 3.40. The number of nitrogens with zero attached hydrogens (tertiary/aromatic N) is 2. The molecule has 1 saturated heterocycles. The number of carbonyl (C=O) groups excluding carboxylic acids is 1. The van der Waals surface area contributed by atoms with Crippen LogP contribution in [-0.4, -0.2) is 49.7 Å². The SMILES string of the molecule is CCC(C)NC(=O)c1cnc(N2CC[NH+](CC)CC2)c2ccccc12. The lowest BCUT2D eigenvalue weighted by Gasteiger charge is -2.33. The maximum atomic E-state index is 12.6. The number of amides is 1. The van der Waals surface area contributed by atoms with E-state index >= 15 is 0 Å². The predicted octanol–water partition coefficient (Wildman–Crippen LogP) is 1.49. The van der Waals surface area contributed by atoms with E-state index in [-0.39, 0.29) is 11.9 Å². The maximum Gasteiger partial charge on any atom is 0.253 e. The van der Waals surface area contributed by atoms with E-state index in [2.05, 4.69) is 30.1 Å². The van der Waals surface area contributed by atoms with Crippen LogP contribution in [0.3, 0.4) is 0 Å². The molecule has 5 heteroatoms. The molecule has 5 nitrogen and oxygen atoms in total. The highest BCUT2D eigenvalue weighted by Gasteiger charge is 2.22. The van der Waals surface area contributed by atoms with E-state index in [1.165, 1.54) is 6.54 Å². The Kier molecular flexibility index (Phi) is 5.53. The monoisotopic (exact) mass is 341 g/mol. The van der Waals surface area contributed by atoms with Crippen LogP contribution in [0.5, 0.6) is 0 Å². The Bertz CT molecular complexity index is 738. The minimum absolute atomic E-state index is 0.0372. The summed E-state index contributed by atoms with van der Waals surface area (Å²) in [4.78, 5) is 21.3. The number of benzene rings is 1. The average Bonchev–Trinajstić information content (AvgIpc) is 2.67. The number of fused-ring (bicyclic) bond motifs is 1. The second-order valence-corrected chi connectivity index (χ2v) is 6.91. The van der Waals surface area contributed by atoms with Gasteiger partial charge in [-0.25, -0.2) is 4.98 Å². The summed E-state index contributed by atoms with van der Waals surface area (Å²) in [5.74, 6) is 0.968. The van der Waals surface area contributed by atoms with Crippen molar-refractivity contribution >= 4 is 22.5 Å². The van der Waals surface area contributed by atoms with Gasteiger partial charge in [-0.15, -0.1) is 0 Å². The molecule has 0 radical (unpaired) electrons. The van der Waals surface area contributed by atoms with Gasteiger partial charge < -0.3 is 15.1 Å². The zero-order chi connectivity index (χ0) is 17.8. The Morgan fingerprint density at radius 2 is 1.92 bits per heavy atom. The number of aromatic nitrogens is 1. The Morgan fingerprint density at radius 1 is 1.24 bits per heavy atom. The number of nitrogens with one attached hydrogen (secondary N) is 2. The highest BCUT2D eigenvalue weighted by Crippen LogP contribution is 2.27. The third-order valence-electron chi connectivity index (χ3n) is 5.28. The molecule has 1 atom stereocenters. The van der Waals surface area contributed by atoms with E-state index < -0.39 is 0 Å². The first-order chi connectivity index (χ1) is 12.1. The Hall–Kier alpha value is -2.14. The third-order valence-corrected chi connectivity index (χ3v) is 5.28. The summed E-state index contributed by atoms with van der Waals surface area (Å²) < 4.78 is 0. The molecule has 2 aromatic rings. The molecular weight excluding hydrogens is 312 g/mol. The molecule has 1 amide bonds. The number of piperazine rings is 1. The van der Waals surface area contributed by atoms with E-state index in [0.717, 1.165) is 49.2 Å². The fourth-order valence-corrected chi connectivity index (χ4v) is 3.40. The highest BCUT2D eigenvalue weighted by atomic mass is 16.1. The van der Waals surface area contributed by atoms with Gasteiger partial charge in [-0.05, 0) is 25.7 Å². The van der Waals surface area contributed by atoms with Crippen molar-refractivity contribution in [1.82, 2.24) is 10.3 Å². The van der Waals surface area contributed by atoms with Crippen molar-refractivity contribution in [2.24, 2.45) is 0 Å². The normalized spacial score (nSPS) is 16.8. The van der Waals surface area contributed by atoms with E-state index in [9.17, 15) is 4.79 Å². The van der Waals surface area contributed by atoms with Crippen molar-refractivity contribution < 1.29 is 9.69 Å². The van der Waals surface area contributed by atoms with Gasteiger partial charge in [0.05, 0.1) is 38.3 Å². The molecule has 3 rings (SSSR count). The van der Waals surface area contributed by atoms with Crippen LogP contribution < -0.4 is 15.1 Å². The van der Waals surface area contributed by atoms with Gasteiger partial charge in [-0.1, -0.05) is 31.2 Å². The van der Waals surface area contributed by atoms with E-state index in [4.69, 9.17) is 4.98 Å². The van der Waals surface area contributed by atoms with Gasteiger partial charge in [0.1, 0.15) is 5.82 Å². The van der Waals surface area contributed by atoms with E-state index in [0.29, 0.717) is 5.56 Å². The molecule has 1 fully saturated rings. The van der Waals surface area contributed by atoms with Gasteiger partial charge in [0.2, 0.25) is 0 Å². The zero-order valence-electron chi connectivity index (χ0n) is 15.5. The smallest absolute Gasteiger partial charge is 0.253 e. The molecule has 134 valence electrons. The number of quaternary nitrogens is 1. The molecule has 25 heavy (non-hydrogen) atoms. The van der Waals surface area contributed by atoms with Crippen LogP contribution >= 0.6 is 0 Å². The van der Waals surface area contributed by atoms with Crippen LogP contribution in [0.2, 0.25) is 0 Å². The average molecular weight is 341 g/mol. The predicted molar refractivity (Wildman–Crippen MR) is 102 cm³/mol. The first kappa shape index (κ1) is 17.7. The van der Waals surface area contributed by atoms with Gasteiger partial charge in [0, 0.05) is 17.6 Å². The number of hydrogen-bond donors (Lipinski definition) is 2. The van der Waals surface area contributed by atoms with E-state index in [1.54, 1.807) is 11.1 Å². The molecule has 2 heterocycles. The summed E-state index contributed by atoms with van der Waals surface area (Å²) >= 11 is 0. The van der Waals surface area contributed by atoms with Crippen LogP contribution in [0, 0.1) is 0 Å². The number of carbonyl (C=O) groups is 1. The first-order valence-corrected chi connectivity index (χ1v) is 9.41. The van der Waals surface area contributed by atoms with Crippen LogP contribution in [0.1, 0.15) is 37.6 Å². The summed E-state index contributed by atoms with van der Waals surface area (Å²) in [7, 11) is 0. The summed E-state index contributed by atoms with van der Waals surface area (Å²) in [5.41, 5.74) is 0.664. The molecule has 1 unspecified atom stereocenters. The minimum atomic E-state index is -0.0372. The van der Waals surface area contributed by atoms with Gasteiger partial charge in [0.25, 0.3) is 5.91 Å². The van der Waals surface area contributed by atoms with Crippen molar-refractivity contribution in [2.45, 2.75) is 33.2 Å². The number of hydrogen-bond acceptors (Lipinski definition) is 3. The number of rotatable bonds is 5. The van der Waals surface area contributed by atoms with Gasteiger partial charge in [-0.3, -0.25) is 4.79 Å². The Morgan fingerprint density at radius 3 is 2.56 bits per heavy atom. The van der Waals surface area contributed by atoms with Crippen molar-refractivity contribution in [2.75, 3.05) is 37.6 Å². The fraction of sp³-hybridized carbons (Fsp3) is 0.500. The largest absolute Gasteiger partial charge is 0.350 e. The van der Waals surface area contributed by atoms with Crippen molar-refractivity contribution in [1.29, 1.82) is 0 Å². The highest BCUT2D eigenvalue weighted by molar-refractivity contribution is 6.09. The van der Waals surface area contributed by atoms with Gasteiger partial charge >= 0.3 is 0 Å². The molecule has 1 aliphatic rings. The number of likely N-dealkylation sites (N-methyl/N-ethyl adjacent to an activating group) is 1. The first-order valence-electron chi connectivity index (χ1n) is 9.41. The topological polar surface area (TPSA) is 49.7 Å². The van der Waals surface area contributed by atoms with Crippen LogP contribution in [0.25, 0.3) is 10.8 Å². The van der Waals surface area contributed by atoms with Gasteiger partial charge in [-0.2, -0.15) is 0 Å². The number of pyridine rings is 1. The second-order valence-electron chi connectivity index (χ2n) is 6.91. The Labute approximate surface area is 150 Å². The van der Waals surface area contributed by atoms with Crippen molar-refractivity contribution in [3.8, 4) is 0 Å². The molecule has 0 spiro atoms. The van der Waals surface area contributed by atoms with Crippen LogP contribution in [0.4, 0.5) is 5.82 Å². The van der Waals surface area contributed by atoms with Gasteiger partial charge in [0.15, 0.2) is 0 Å². The third kappa shape index (κ3) is 3.76. The standard InChI is InChI=1S/C20H28N4O/c1-4-15(3)22-20(25)18-14-21-19(17-9-7-6-8-16(17)18)24-12-10-23(5-2)11-13-24/h6-9,14-15H,4-5,10-13H2,1-3H3,(H,22,25)/p+1. The lowest BCUT2D eigenvalue weighted by molar-refractivity contribution is -0.898. The molecule has 2 N–H and O–H groups in total. The molecule has 1 aliphatic heterocycles. The lowest BCUT2D eigenvalue weighted by Crippen LogP contribution is -3.14. The molecule has 0 saturated carbocycles. The van der Waals surface area contributed by atoms with Crippen LogP contribution in [-0.2, 0) is 0 Å². The zero-order valence-corrected chi connectivity index (χ0v) is 15.5. The second kappa shape index (κ2) is 7.83. The van der Waals surface area contributed by atoms with E-state index in [1.807, 2.05) is 25.1 Å². The summed E-state index contributed by atoms with van der Waals surface area (Å²) in [5, 5.41) is 5.11. The molecule has 0 bridgehead atoms. The molecule has 1 aromatic carbocycles. The molecule has 1 aromatic heterocycles.